The molecule has 0 atom stereocenters. The molecule has 19 heavy (non-hydrogen) atoms. The molecule has 0 aliphatic carbocycles. The molecule has 0 aromatic carbocycles. The molecule has 0 radical (unpaired) electrons. The van der Waals surface area contributed by atoms with E-state index in [4.69, 9.17) is 9.84 Å². The number of hydrogen-bond acceptors (Lipinski definition) is 3. The third-order valence-corrected chi connectivity index (χ3v) is 2.51. The minimum atomic E-state index is -1.02. The van der Waals surface area contributed by atoms with Crippen LogP contribution in [-0.2, 0) is 9.53 Å². The lowest BCUT2D eigenvalue weighted by Gasteiger charge is -2.34. The Bertz CT molecular complexity index is 287. The number of hydrogen-bond donors (Lipinski definition) is 2. The van der Waals surface area contributed by atoms with Gasteiger partial charge in [0.1, 0.15) is 6.54 Å². The van der Waals surface area contributed by atoms with Crippen LogP contribution in [0.25, 0.3) is 0 Å². The lowest BCUT2D eigenvalue weighted by atomic mass is 10.1. The van der Waals surface area contributed by atoms with Crippen molar-refractivity contribution in [3.8, 4) is 0 Å². The molecule has 0 saturated heterocycles. The summed E-state index contributed by atoms with van der Waals surface area (Å²) in [5.41, 5.74) is -0.536. The Morgan fingerprint density at radius 2 is 1.89 bits per heavy atom. The van der Waals surface area contributed by atoms with Gasteiger partial charge in [-0.2, -0.15) is 0 Å². The Kier molecular flexibility index (Phi) is 8.14. The molecule has 6 heteroatoms. The van der Waals surface area contributed by atoms with Gasteiger partial charge in [-0.05, 0) is 27.2 Å². The highest BCUT2D eigenvalue weighted by Gasteiger charge is 2.28. The van der Waals surface area contributed by atoms with E-state index >= 15 is 0 Å². The zero-order chi connectivity index (χ0) is 14.9. The zero-order valence-electron chi connectivity index (χ0n) is 12.4. The smallest absolute Gasteiger partial charge is 0.323 e. The van der Waals surface area contributed by atoms with Crippen LogP contribution in [0.2, 0.25) is 0 Å². The van der Waals surface area contributed by atoms with E-state index in [2.05, 4.69) is 12.2 Å². The number of aliphatic carboxylic acids is 1. The molecule has 0 aromatic rings. The second kappa shape index (κ2) is 8.74. The number of nitrogens with one attached hydrogen (secondary N) is 1. The number of nitrogens with zero attached hydrogens (tertiary/aromatic N) is 1. The van der Waals surface area contributed by atoms with Gasteiger partial charge in [0.05, 0.1) is 6.61 Å². The average molecular weight is 274 g/mol. The van der Waals surface area contributed by atoms with Crippen LogP contribution in [0.1, 0.15) is 40.5 Å². The highest BCUT2D eigenvalue weighted by atomic mass is 16.5. The quantitative estimate of drug-likeness (QED) is 0.660. The highest BCUT2D eigenvalue weighted by molar-refractivity contribution is 5.80. The maximum absolute atomic E-state index is 11.9. The molecule has 0 rings (SSSR count). The summed E-state index contributed by atoms with van der Waals surface area (Å²) < 4.78 is 5.32. The predicted molar refractivity (Wildman–Crippen MR) is 73.2 cm³/mol. The molecule has 6 nitrogen and oxygen atoms in total. The second-order valence-electron chi connectivity index (χ2n) is 5.35. The summed E-state index contributed by atoms with van der Waals surface area (Å²) in [6.07, 6.45) is 2.07. The van der Waals surface area contributed by atoms with E-state index in [0.29, 0.717) is 19.8 Å². The predicted octanol–water partition coefficient (Wildman–Crippen LogP) is 1.70. The van der Waals surface area contributed by atoms with Gasteiger partial charge in [-0.1, -0.05) is 13.3 Å². The van der Waals surface area contributed by atoms with Crippen molar-refractivity contribution in [3.05, 3.63) is 0 Å². The molecular weight excluding hydrogens is 248 g/mol. The monoisotopic (exact) mass is 274 g/mol. The van der Waals surface area contributed by atoms with Crippen molar-refractivity contribution < 1.29 is 19.4 Å². The van der Waals surface area contributed by atoms with Crippen LogP contribution in [0, 0.1) is 0 Å². The fourth-order valence-electron chi connectivity index (χ4n) is 1.42. The van der Waals surface area contributed by atoms with Crippen LogP contribution in [0.3, 0.4) is 0 Å². The summed E-state index contributed by atoms with van der Waals surface area (Å²) in [6.45, 7) is 8.67. The first-order valence-electron chi connectivity index (χ1n) is 6.64. The molecule has 0 spiro atoms. The normalized spacial score (nSPS) is 11.2. The summed E-state index contributed by atoms with van der Waals surface area (Å²) in [6, 6.07) is -0.381. The van der Waals surface area contributed by atoms with Gasteiger partial charge in [0.2, 0.25) is 0 Å². The first-order valence-corrected chi connectivity index (χ1v) is 6.64. The van der Waals surface area contributed by atoms with Crippen molar-refractivity contribution in [1.82, 2.24) is 10.2 Å². The molecule has 0 aliphatic rings. The molecular formula is C13H26N2O4. The number of carbonyl (C=O) groups excluding carboxylic acids is 1. The topological polar surface area (TPSA) is 78.9 Å². The van der Waals surface area contributed by atoms with Gasteiger partial charge in [-0.3, -0.25) is 4.79 Å². The van der Waals surface area contributed by atoms with Gasteiger partial charge in [-0.25, -0.2) is 4.79 Å². The first-order chi connectivity index (χ1) is 8.79. The van der Waals surface area contributed by atoms with Crippen LogP contribution in [-0.4, -0.2) is 53.8 Å². The van der Waals surface area contributed by atoms with Crippen molar-refractivity contribution in [2.45, 2.75) is 46.1 Å². The van der Waals surface area contributed by atoms with E-state index in [1.54, 1.807) is 20.8 Å². The van der Waals surface area contributed by atoms with Crippen molar-refractivity contribution in [1.29, 1.82) is 0 Å². The Labute approximate surface area is 115 Å². The van der Waals surface area contributed by atoms with Crippen molar-refractivity contribution >= 4 is 12.0 Å². The second-order valence-corrected chi connectivity index (χ2v) is 5.35. The molecule has 0 saturated carbocycles. The minimum absolute atomic E-state index is 0.313. The Morgan fingerprint density at radius 1 is 1.26 bits per heavy atom. The summed E-state index contributed by atoms with van der Waals surface area (Å²) in [7, 11) is 0. The molecule has 0 bridgehead atoms. The van der Waals surface area contributed by atoms with Crippen molar-refractivity contribution in [2.24, 2.45) is 0 Å². The molecule has 112 valence electrons. The van der Waals surface area contributed by atoms with E-state index in [9.17, 15) is 9.59 Å². The molecule has 0 aliphatic heterocycles. The van der Waals surface area contributed by atoms with Gasteiger partial charge >= 0.3 is 12.0 Å². The number of rotatable bonds is 8. The number of ether oxygens (including phenoxy) is 1. The van der Waals surface area contributed by atoms with Crippen molar-refractivity contribution in [3.63, 3.8) is 0 Å². The SMILES string of the molecule is CCCCOCCNC(=O)N(CC(=O)O)C(C)(C)C. The molecule has 0 unspecified atom stereocenters. The Balaban J connectivity index is 4.09. The fraction of sp³-hybridized carbons (Fsp3) is 0.846. The lowest BCUT2D eigenvalue weighted by molar-refractivity contribution is -0.138. The maximum Gasteiger partial charge on any atom is 0.323 e. The molecule has 2 N–H and O–H groups in total. The number of carbonyl (C=O) groups is 2. The van der Waals surface area contributed by atoms with Crippen molar-refractivity contribution in [2.75, 3.05) is 26.3 Å². The van der Waals surface area contributed by atoms with E-state index in [0.717, 1.165) is 12.8 Å². The summed E-state index contributed by atoms with van der Waals surface area (Å²) in [5.74, 6) is -1.02. The third kappa shape index (κ3) is 8.42. The lowest BCUT2D eigenvalue weighted by Crippen LogP contribution is -2.52. The third-order valence-electron chi connectivity index (χ3n) is 2.51. The number of urea groups is 1. The van der Waals surface area contributed by atoms with Crippen LogP contribution < -0.4 is 5.32 Å². The Morgan fingerprint density at radius 3 is 2.37 bits per heavy atom. The summed E-state index contributed by atoms with van der Waals surface area (Å²) in [4.78, 5) is 24.0. The van der Waals surface area contributed by atoms with Crippen LogP contribution in [0.15, 0.2) is 0 Å². The first kappa shape index (κ1) is 17.7. The van der Waals surface area contributed by atoms with E-state index in [1.165, 1.54) is 4.90 Å². The van der Waals surface area contributed by atoms with E-state index < -0.39 is 11.5 Å². The molecule has 0 fully saturated rings. The number of carboxylic acid groups (broad SMARTS) is 1. The average Bonchev–Trinajstić information content (AvgIpc) is 2.28. The van der Waals surface area contributed by atoms with Gasteiger partial charge in [-0.15, -0.1) is 0 Å². The largest absolute Gasteiger partial charge is 0.480 e. The Hall–Kier alpha value is -1.30. The molecule has 2 amide bonds. The standard InChI is InChI=1S/C13H26N2O4/c1-5-6-8-19-9-7-14-12(18)15(10-11(16)17)13(2,3)4/h5-10H2,1-4H3,(H,14,18)(H,16,17). The van der Waals surface area contributed by atoms with Crippen LogP contribution >= 0.6 is 0 Å². The van der Waals surface area contributed by atoms with Crippen LogP contribution in [0.4, 0.5) is 4.79 Å². The minimum Gasteiger partial charge on any atom is -0.480 e. The zero-order valence-corrected chi connectivity index (χ0v) is 12.4. The fourth-order valence-corrected chi connectivity index (χ4v) is 1.42. The summed E-state index contributed by atoms with van der Waals surface area (Å²) in [5, 5.41) is 11.5. The van der Waals surface area contributed by atoms with Gasteiger partial charge in [0.15, 0.2) is 0 Å². The van der Waals surface area contributed by atoms with Gasteiger partial charge < -0.3 is 20.1 Å². The van der Waals surface area contributed by atoms with Gasteiger partial charge in [0.25, 0.3) is 0 Å². The highest BCUT2D eigenvalue weighted by Crippen LogP contribution is 2.12. The number of amides is 2. The van der Waals surface area contributed by atoms with E-state index in [-0.39, 0.29) is 12.6 Å². The van der Waals surface area contributed by atoms with E-state index in [1.807, 2.05) is 0 Å². The molecule has 0 aromatic heterocycles. The summed E-state index contributed by atoms with van der Waals surface area (Å²) >= 11 is 0. The molecule has 0 heterocycles. The number of carboxylic acids is 1. The van der Waals surface area contributed by atoms with Crippen LogP contribution in [0.5, 0.6) is 0 Å². The number of unbranched alkanes of at least 4 members (excludes halogenated alkanes) is 1. The maximum atomic E-state index is 11.9. The van der Waals surface area contributed by atoms with Gasteiger partial charge in [0, 0.05) is 18.7 Å².